The Morgan fingerprint density at radius 2 is 2.10 bits per heavy atom. The van der Waals surface area contributed by atoms with Gasteiger partial charge in [0.05, 0.1) is 18.4 Å². The van der Waals surface area contributed by atoms with Crippen LogP contribution in [0.3, 0.4) is 0 Å². The second-order valence-corrected chi connectivity index (χ2v) is 8.76. The van der Waals surface area contributed by atoms with Gasteiger partial charge >= 0.3 is 5.97 Å². The number of benzene rings is 1. The highest BCUT2D eigenvalue weighted by Gasteiger charge is 2.28. The molecule has 1 aliphatic carbocycles. The zero-order valence-electron chi connectivity index (χ0n) is 16.0. The van der Waals surface area contributed by atoms with Gasteiger partial charge in [-0.3, -0.25) is 4.79 Å². The number of hydrogen-bond donors (Lipinski definition) is 1. The van der Waals surface area contributed by atoms with Gasteiger partial charge in [-0.15, -0.1) is 11.3 Å². The number of thioether (sulfide) groups is 1. The maximum Gasteiger partial charge on any atom is 0.341 e. The van der Waals surface area contributed by atoms with E-state index in [1.165, 1.54) is 40.6 Å². The van der Waals surface area contributed by atoms with Gasteiger partial charge in [-0.05, 0) is 30.4 Å². The molecule has 0 spiro atoms. The fourth-order valence-electron chi connectivity index (χ4n) is 3.44. The SMILES string of the molecule is COC(=O)c1c(NC(=O)CSc2nccn2Cc2ccccc2)sc2c1CCC2. The Morgan fingerprint density at radius 1 is 1.28 bits per heavy atom. The molecule has 4 rings (SSSR count). The third-order valence-electron chi connectivity index (χ3n) is 4.77. The molecule has 3 aromatic rings. The van der Waals surface area contributed by atoms with Gasteiger partial charge in [0.1, 0.15) is 5.00 Å². The first kappa shape index (κ1) is 19.7. The first-order valence-corrected chi connectivity index (χ1v) is 11.2. The van der Waals surface area contributed by atoms with Crippen molar-refractivity contribution in [1.82, 2.24) is 9.55 Å². The van der Waals surface area contributed by atoms with Crippen LogP contribution in [0.25, 0.3) is 0 Å². The highest BCUT2D eigenvalue weighted by molar-refractivity contribution is 7.99. The summed E-state index contributed by atoms with van der Waals surface area (Å²) < 4.78 is 6.95. The minimum atomic E-state index is -0.384. The van der Waals surface area contributed by atoms with E-state index in [4.69, 9.17) is 4.74 Å². The molecular weight excluding hydrogens is 406 g/mol. The molecule has 0 fully saturated rings. The summed E-state index contributed by atoms with van der Waals surface area (Å²) in [6, 6.07) is 10.1. The largest absolute Gasteiger partial charge is 0.465 e. The van der Waals surface area contributed by atoms with Crippen LogP contribution in [-0.4, -0.2) is 34.3 Å². The smallest absolute Gasteiger partial charge is 0.341 e. The predicted octanol–water partition coefficient (Wildman–Crippen LogP) is 4.00. The van der Waals surface area contributed by atoms with Crippen LogP contribution in [0.1, 0.15) is 32.8 Å². The number of anilines is 1. The molecule has 0 radical (unpaired) electrons. The molecule has 1 N–H and O–H groups in total. The van der Waals surface area contributed by atoms with Gasteiger partial charge < -0.3 is 14.6 Å². The number of esters is 1. The average molecular weight is 428 g/mol. The fourth-order valence-corrected chi connectivity index (χ4v) is 5.49. The van der Waals surface area contributed by atoms with Gasteiger partial charge in [0.2, 0.25) is 5.91 Å². The number of hydrogen-bond acceptors (Lipinski definition) is 6. The molecule has 8 heteroatoms. The van der Waals surface area contributed by atoms with E-state index in [0.29, 0.717) is 17.1 Å². The predicted molar refractivity (Wildman–Crippen MR) is 115 cm³/mol. The topological polar surface area (TPSA) is 73.2 Å². The van der Waals surface area contributed by atoms with Crippen LogP contribution < -0.4 is 5.32 Å². The summed E-state index contributed by atoms with van der Waals surface area (Å²) in [6.45, 7) is 0.703. The number of carbonyl (C=O) groups excluding carboxylic acids is 2. The number of rotatable bonds is 7. The molecule has 0 atom stereocenters. The number of aromatic nitrogens is 2. The number of nitrogens with zero attached hydrogens (tertiary/aromatic N) is 2. The molecule has 0 bridgehead atoms. The van der Waals surface area contributed by atoms with Crippen LogP contribution in [0.15, 0.2) is 47.9 Å². The van der Waals surface area contributed by atoms with E-state index >= 15 is 0 Å². The van der Waals surface area contributed by atoms with Crippen molar-refractivity contribution in [3.05, 3.63) is 64.3 Å². The Bertz CT molecular complexity index is 1030. The van der Waals surface area contributed by atoms with Crippen molar-refractivity contribution in [2.24, 2.45) is 0 Å². The zero-order chi connectivity index (χ0) is 20.2. The van der Waals surface area contributed by atoms with E-state index in [2.05, 4.69) is 22.4 Å². The molecular formula is C21H21N3O3S2. The summed E-state index contributed by atoms with van der Waals surface area (Å²) in [4.78, 5) is 30.3. The third-order valence-corrected chi connectivity index (χ3v) is 6.98. The van der Waals surface area contributed by atoms with Crippen LogP contribution in [0, 0.1) is 0 Å². The third kappa shape index (κ3) is 4.38. The summed E-state index contributed by atoms with van der Waals surface area (Å²) in [7, 11) is 1.37. The van der Waals surface area contributed by atoms with Gasteiger partial charge in [0, 0.05) is 23.8 Å². The highest BCUT2D eigenvalue weighted by Crippen LogP contribution is 2.39. The monoisotopic (exact) mass is 427 g/mol. The number of carbonyl (C=O) groups is 2. The Kier molecular flexibility index (Phi) is 6.01. The molecule has 0 unspecified atom stereocenters. The minimum Gasteiger partial charge on any atom is -0.465 e. The molecule has 0 saturated carbocycles. The van der Waals surface area contributed by atoms with Gasteiger partial charge in [0.25, 0.3) is 0 Å². The summed E-state index contributed by atoms with van der Waals surface area (Å²) in [5.41, 5.74) is 2.73. The number of imidazole rings is 1. The van der Waals surface area contributed by atoms with E-state index < -0.39 is 0 Å². The number of nitrogens with one attached hydrogen (secondary N) is 1. The lowest BCUT2D eigenvalue weighted by atomic mass is 10.1. The van der Waals surface area contributed by atoms with Crippen LogP contribution in [0.5, 0.6) is 0 Å². The van der Waals surface area contributed by atoms with E-state index in [0.717, 1.165) is 30.0 Å². The van der Waals surface area contributed by atoms with Crippen LogP contribution >= 0.6 is 23.1 Å². The Hall–Kier alpha value is -2.58. The number of amides is 1. The molecule has 29 heavy (non-hydrogen) atoms. The number of fused-ring (bicyclic) bond motifs is 1. The summed E-state index contributed by atoms with van der Waals surface area (Å²) in [5.74, 6) is -0.324. The molecule has 0 aliphatic heterocycles. The van der Waals surface area contributed by atoms with Crippen molar-refractivity contribution < 1.29 is 14.3 Å². The second kappa shape index (κ2) is 8.84. The quantitative estimate of drug-likeness (QED) is 0.456. The summed E-state index contributed by atoms with van der Waals surface area (Å²) in [5, 5.41) is 4.29. The van der Waals surface area contributed by atoms with Crippen molar-refractivity contribution in [3.63, 3.8) is 0 Å². The lowest BCUT2D eigenvalue weighted by molar-refractivity contribution is -0.113. The molecule has 1 amide bonds. The van der Waals surface area contributed by atoms with Crippen LogP contribution in [-0.2, 0) is 28.9 Å². The van der Waals surface area contributed by atoms with Crippen molar-refractivity contribution in [2.45, 2.75) is 31.0 Å². The van der Waals surface area contributed by atoms with Gasteiger partial charge in [-0.1, -0.05) is 42.1 Å². The fraction of sp³-hybridized carbons (Fsp3) is 0.286. The molecule has 1 aliphatic rings. The molecule has 2 heterocycles. The van der Waals surface area contributed by atoms with Crippen LogP contribution in [0.2, 0.25) is 0 Å². The molecule has 6 nitrogen and oxygen atoms in total. The van der Waals surface area contributed by atoms with E-state index in [-0.39, 0.29) is 17.6 Å². The first-order chi connectivity index (χ1) is 14.2. The maximum absolute atomic E-state index is 12.6. The van der Waals surface area contributed by atoms with Gasteiger partial charge in [-0.25, -0.2) is 9.78 Å². The van der Waals surface area contributed by atoms with E-state index in [1.54, 1.807) is 6.20 Å². The number of aryl methyl sites for hydroxylation is 1. The molecule has 0 saturated heterocycles. The van der Waals surface area contributed by atoms with Crippen molar-refractivity contribution in [1.29, 1.82) is 0 Å². The average Bonchev–Trinajstić information content (AvgIpc) is 3.43. The minimum absolute atomic E-state index is 0.158. The normalized spacial score (nSPS) is 12.6. The second-order valence-electron chi connectivity index (χ2n) is 6.71. The van der Waals surface area contributed by atoms with Crippen LogP contribution in [0.4, 0.5) is 5.00 Å². The lowest BCUT2D eigenvalue weighted by Crippen LogP contribution is -2.16. The summed E-state index contributed by atoms with van der Waals surface area (Å²) >= 11 is 2.87. The Morgan fingerprint density at radius 3 is 2.90 bits per heavy atom. The summed E-state index contributed by atoms with van der Waals surface area (Å²) in [6.07, 6.45) is 6.50. The highest BCUT2D eigenvalue weighted by atomic mass is 32.2. The maximum atomic E-state index is 12.6. The zero-order valence-corrected chi connectivity index (χ0v) is 17.6. The lowest BCUT2D eigenvalue weighted by Gasteiger charge is -2.09. The molecule has 2 aromatic heterocycles. The Balaban J connectivity index is 1.41. The van der Waals surface area contributed by atoms with Gasteiger partial charge in [-0.2, -0.15) is 0 Å². The van der Waals surface area contributed by atoms with Gasteiger partial charge in [0.15, 0.2) is 5.16 Å². The van der Waals surface area contributed by atoms with E-state index in [1.807, 2.05) is 29.0 Å². The van der Waals surface area contributed by atoms with Crippen molar-refractivity contribution >= 4 is 40.0 Å². The van der Waals surface area contributed by atoms with Crippen molar-refractivity contribution in [3.8, 4) is 0 Å². The number of thiophene rings is 1. The van der Waals surface area contributed by atoms with E-state index in [9.17, 15) is 9.59 Å². The first-order valence-electron chi connectivity index (χ1n) is 9.36. The number of ether oxygens (including phenoxy) is 1. The number of methoxy groups -OCH3 is 1. The molecule has 150 valence electrons. The Labute approximate surface area is 177 Å². The standard InChI is InChI=1S/C21H21N3O3S2/c1-27-20(26)18-15-8-5-9-16(15)29-19(18)23-17(25)13-28-21-22-10-11-24(21)12-14-6-3-2-4-7-14/h2-4,6-7,10-11H,5,8-9,12-13H2,1H3,(H,23,25). The molecule has 1 aromatic carbocycles. The van der Waals surface area contributed by atoms with Crippen molar-refractivity contribution in [2.75, 3.05) is 18.2 Å².